The first-order valence-electron chi connectivity index (χ1n) is 10.3. The molecule has 0 aromatic carbocycles. The molecule has 1 aromatic rings. The minimum Gasteiger partial charge on any atom is -0.480 e. The highest BCUT2D eigenvalue weighted by Gasteiger charge is 2.30. The SMILES string of the molecule is CC(NC(=O)C(Cc1cnc[nH]1)NC(=O)C1CCCN1)C(=O)NC(CCC(N)=O)C(=O)O. The number of carboxylic acids is 1. The summed E-state index contributed by atoms with van der Waals surface area (Å²) in [4.78, 5) is 66.7. The molecule has 0 spiro atoms. The van der Waals surface area contributed by atoms with Gasteiger partial charge in [-0.05, 0) is 32.7 Å². The molecule has 2 heterocycles. The van der Waals surface area contributed by atoms with Crippen molar-refractivity contribution in [2.24, 2.45) is 5.73 Å². The van der Waals surface area contributed by atoms with E-state index in [-0.39, 0.29) is 25.2 Å². The summed E-state index contributed by atoms with van der Waals surface area (Å²) in [6.07, 6.45) is 4.20. The molecule has 0 aliphatic carbocycles. The molecular weight excluding hydrogens is 422 g/mol. The maximum absolute atomic E-state index is 12.8. The fraction of sp³-hybridized carbons (Fsp3) is 0.579. The molecule has 4 atom stereocenters. The van der Waals surface area contributed by atoms with Crippen LogP contribution in [0.3, 0.4) is 0 Å². The zero-order valence-corrected chi connectivity index (χ0v) is 17.7. The number of rotatable bonds is 12. The predicted octanol–water partition coefficient (Wildman–Crippen LogP) is -2.47. The van der Waals surface area contributed by atoms with Crippen molar-refractivity contribution >= 4 is 29.6 Å². The number of aromatic amines is 1. The Bertz CT molecular complexity index is 822. The van der Waals surface area contributed by atoms with Gasteiger partial charge in [0.2, 0.25) is 23.6 Å². The number of amides is 4. The van der Waals surface area contributed by atoms with E-state index in [1.54, 1.807) is 0 Å². The highest BCUT2D eigenvalue weighted by Crippen LogP contribution is 2.07. The molecule has 0 radical (unpaired) electrons. The van der Waals surface area contributed by atoms with Gasteiger partial charge in [-0.1, -0.05) is 0 Å². The van der Waals surface area contributed by atoms with Crippen LogP contribution in [0.2, 0.25) is 0 Å². The Morgan fingerprint density at radius 2 is 1.94 bits per heavy atom. The maximum Gasteiger partial charge on any atom is 0.326 e. The van der Waals surface area contributed by atoms with Crippen LogP contribution in [0.5, 0.6) is 0 Å². The quantitative estimate of drug-likeness (QED) is 0.181. The van der Waals surface area contributed by atoms with Crippen molar-refractivity contribution in [3.63, 3.8) is 0 Å². The van der Waals surface area contributed by atoms with Gasteiger partial charge in [-0.2, -0.15) is 0 Å². The maximum atomic E-state index is 12.8. The van der Waals surface area contributed by atoms with Crippen molar-refractivity contribution in [1.82, 2.24) is 31.2 Å². The lowest BCUT2D eigenvalue weighted by Gasteiger charge is -2.23. The molecule has 4 unspecified atom stereocenters. The Labute approximate surface area is 184 Å². The van der Waals surface area contributed by atoms with Crippen molar-refractivity contribution in [2.75, 3.05) is 6.54 Å². The molecule has 13 heteroatoms. The van der Waals surface area contributed by atoms with E-state index in [9.17, 15) is 29.1 Å². The van der Waals surface area contributed by atoms with Gasteiger partial charge in [-0.3, -0.25) is 19.2 Å². The number of hydrogen-bond donors (Lipinski definition) is 7. The van der Waals surface area contributed by atoms with Gasteiger partial charge in [0.1, 0.15) is 18.1 Å². The van der Waals surface area contributed by atoms with Crippen molar-refractivity contribution < 1.29 is 29.1 Å². The number of H-pyrrole nitrogens is 1. The number of nitrogens with two attached hydrogens (primary N) is 1. The Morgan fingerprint density at radius 1 is 1.19 bits per heavy atom. The van der Waals surface area contributed by atoms with Gasteiger partial charge in [0.15, 0.2) is 0 Å². The average molecular weight is 451 g/mol. The monoisotopic (exact) mass is 451 g/mol. The number of hydrogen-bond acceptors (Lipinski definition) is 7. The van der Waals surface area contributed by atoms with Gasteiger partial charge in [0.25, 0.3) is 0 Å². The van der Waals surface area contributed by atoms with Crippen LogP contribution in [0, 0.1) is 0 Å². The smallest absolute Gasteiger partial charge is 0.326 e. The number of carboxylic acid groups (broad SMARTS) is 1. The lowest BCUT2D eigenvalue weighted by atomic mass is 10.1. The van der Waals surface area contributed by atoms with E-state index in [0.717, 1.165) is 6.42 Å². The molecule has 13 nitrogen and oxygen atoms in total. The standard InChI is InChI=1S/C19H29N7O6/c1-10(16(28)25-13(19(31)32)4-5-15(20)27)24-18(30)14(7-11-8-21-9-23-11)26-17(29)12-3-2-6-22-12/h8-10,12-14,22H,2-7H2,1H3,(H2,20,27)(H,21,23)(H,24,30)(H,25,28)(H,26,29)(H,31,32). The van der Waals surface area contributed by atoms with Crippen LogP contribution < -0.4 is 27.0 Å². The molecule has 32 heavy (non-hydrogen) atoms. The summed E-state index contributed by atoms with van der Waals surface area (Å²) in [5.74, 6) is -3.71. The predicted molar refractivity (Wildman–Crippen MR) is 111 cm³/mol. The third-order valence-corrected chi connectivity index (χ3v) is 5.03. The van der Waals surface area contributed by atoms with Gasteiger partial charge in [-0.15, -0.1) is 0 Å². The van der Waals surface area contributed by atoms with Crippen LogP contribution in [0.4, 0.5) is 0 Å². The first-order valence-corrected chi connectivity index (χ1v) is 10.3. The van der Waals surface area contributed by atoms with Gasteiger partial charge in [0, 0.05) is 24.7 Å². The topological polar surface area (TPSA) is 208 Å². The third-order valence-electron chi connectivity index (χ3n) is 5.03. The minimum atomic E-state index is -1.33. The Balaban J connectivity index is 1.99. The van der Waals surface area contributed by atoms with E-state index in [2.05, 4.69) is 31.2 Å². The van der Waals surface area contributed by atoms with Crippen LogP contribution in [-0.4, -0.2) is 75.4 Å². The van der Waals surface area contributed by atoms with Crippen molar-refractivity contribution in [2.45, 2.75) is 63.2 Å². The van der Waals surface area contributed by atoms with Gasteiger partial charge in [0.05, 0.1) is 12.4 Å². The lowest BCUT2D eigenvalue weighted by Crippen LogP contribution is -2.56. The van der Waals surface area contributed by atoms with E-state index in [1.165, 1.54) is 19.4 Å². The summed E-state index contributed by atoms with van der Waals surface area (Å²) in [5.41, 5.74) is 5.63. The molecule has 1 saturated heterocycles. The summed E-state index contributed by atoms with van der Waals surface area (Å²) in [5, 5.41) is 19.7. The first kappa shape index (κ1) is 24.8. The molecule has 0 saturated carbocycles. The minimum absolute atomic E-state index is 0.120. The number of carbonyl (C=O) groups excluding carboxylic acids is 4. The lowest BCUT2D eigenvalue weighted by molar-refractivity contribution is -0.142. The van der Waals surface area contributed by atoms with Crippen LogP contribution in [0.1, 0.15) is 38.3 Å². The Morgan fingerprint density at radius 3 is 2.50 bits per heavy atom. The fourth-order valence-electron chi connectivity index (χ4n) is 3.23. The van der Waals surface area contributed by atoms with E-state index in [0.29, 0.717) is 18.7 Å². The van der Waals surface area contributed by atoms with E-state index in [1.807, 2.05) is 0 Å². The normalized spacial score (nSPS) is 18.2. The highest BCUT2D eigenvalue weighted by atomic mass is 16.4. The summed E-state index contributed by atoms with van der Waals surface area (Å²) in [7, 11) is 0. The van der Waals surface area contributed by atoms with Gasteiger partial charge >= 0.3 is 5.97 Å². The van der Waals surface area contributed by atoms with Crippen molar-refractivity contribution in [3.8, 4) is 0 Å². The Kier molecular flexibility index (Phi) is 9.13. The van der Waals surface area contributed by atoms with Gasteiger partial charge in [-0.25, -0.2) is 9.78 Å². The zero-order valence-electron chi connectivity index (χ0n) is 17.7. The number of aliphatic carboxylic acids is 1. The highest BCUT2D eigenvalue weighted by molar-refractivity contribution is 5.94. The van der Waals surface area contributed by atoms with E-state index in [4.69, 9.17) is 5.73 Å². The third kappa shape index (κ3) is 7.65. The molecule has 1 aliphatic rings. The molecule has 2 rings (SSSR count). The van der Waals surface area contributed by atoms with E-state index < -0.39 is 47.9 Å². The number of primary amides is 1. The second-order valence-electron chi connectivity index (χ2n) is 7.63. The zero-order chi connectivity index (χ0) is 23.7. The second kappa shape index (κ2) is 11.8. The molecule has 1 aromatic heterocycles. The van der Waals surface area contributed by atoms with Crippen LogP contribution in [-0.2, 0) is 30.4 Å². The molecule has 176 valence electrons. The summed E-state index contributed by atoms with van der Waals surface area (Å²) in [6.45, 7) is 2.10. The van der Waals surface area contributed by atoms with E-state index >= 15 is 0 Å². The van der Waals surface area contributed by atoms with Crippen molar-refractivity contribution in [1.29, 1.82) is 0 Å². The molecule has 8 N–H and O–H groups in total. The van der Waals surface area contributed by atoms with Crippen LogP contribution in [0.25, 0.3) is 0 Å². The largest absolute Gasteiger partial charge is 0.480 e. The summed E-state index contributed by atoms with van der Waals surface area (Å²) < 4.78 is 0. The number of carbonyl (C=O) groups is 5. The Hall–Kier alpha value is -3.48. The fourth-order valence-corrected chi connectivity index (χ4v) is 3.23. The number of imidazole rings is 1. The van der Waals surface area contributed by atoms with Gasteiger partial charge < -0.3 is 37.1 Å². The molecule has 4 amide bonds. The van der Waals surface area contributed by atoms with Crippen LogP contribution >= 0.6 is 0 Å². The van der Waals surface area contributed by atoms with Crippen molar-refractivity contribution in [3.05, 3.63) is 18.2 Å². The molecular formula is C19H29N7O6. The summed E-state index contributed by atoms with van der Waals surface area (Å²) in [6, 6.07) is -3.80. The van der Waals surface area contributed by atoms with Crippen LogP contribution in [0.15, 0.2) is 12.5 Å². The molecule has 0 bridgehead atoms. The molecule has 1 fully saturated rings. The second-order valence-corrected chi connectivity index (χ2v) is 7.63. The molecule has 1 aliphatic heterocycles. The average Bonchev–Trinajstić information content (AvgIpc) is 3.43. The number of aromatic nitrogens is 2. The summed E-state index contributed by atoms with van der Waals surface area (Å²) >= 11 is 0. The first-order chi connectivity index (χ1) is 15.2. The number of nitrogens with one attached hydrogen (secondary N) is 5. The number of nitrogens with zero attached hydrogens (tertiary/aromatic N) is 1.